The van der Waals surface area contributed by atoms with E-state index in [0.717, 1.165) is 33.5 Å². The van der Waals surface area contributed by atoms with Crippen molar-refractivity contribution in [3.8, 4) is 22.6 Å². The highest BCUT2D eigenvalue weighted by molar-refractivity contribution is 7.71. The van der Waals surface area contributed by atoms with Crippen LogP contribution in [0.25, 0.3) is 33.5 Å². The van der Waals surface area contributed by atoms with Gasteiger partial charge in [-0.3, -0.25) is 5.10 Å². The highest BCUT2D eigenvalue weighted by atomic mass is 32.1. The van der Waals surface area contributed by atoms with Crippen molar-refractivity contribution < 1.29 is 0 Å². The zero-order chi connectivity index (χ0) is 16.7. The SMILES string of the molecule is Cc1cccc(-c2cc(-c3n[nH]c(=S)n3C)c3ccccc3n2)c1. The van der Waals surface area contributed by atoms with Crippen molar-refractivity contribution in [1.82, 2.24) is 19.7 Å². The molecule has 0 spiro atoms. The van der Waals surface area contributed by atoms with E-state index in [1.165, 1.54) is 5.56 Å². The number of nitrogens with one attached hydrogen (secondary N) is 1. The maximum Gasteiger partial charge on any atom is 0.195 e. The molecule has 0 bridgehead atoms. The van der Waals surface area contributed by atoms with Gasteiger partial charge in [-0.05, 0) is 37.3 Å². The number of rotatable bonds is 2. The summed E-state index contributed by atoms with van der Waals surface area (Å²) in [5, 5.41) is 8.33. The van der Waals surface area contributed by atoms with Crippen molar-refractivity contribution in [1.29, 1.82) is 0 Å². The number of aromatic amines is 1. The van der Waals surface area contributed by atoms with Gasteiger partial charge in [0.05, 0.1) is 11.2 Å². The number of pyridine rings is 1. The molecular formula is C19H16N4S. The third kappa shape index (κ3) is 2.43. The van der Waals surface area contributed by atoms with Crippen LogP contribution in [0.15, 0.2) is 54.6 Å². The normalized spacial score (nSPS) is 11.1. The topological polar surface area (TPSA) is 46.5 Å². The third-order valence-electron chi connectivity index (χ3n) is 4.15. The Balaban J connectivity index is 2.05. The lowest BCUT2D eigenvalue weighted by Gasteiger charge is -2.10. The lowest BCUT2D eigenvalue weighted by molar-refractivity contribution is 0.902. The van der Waals surface area contributed by atoms with E-state index in [9.17, 15) is 0 Å². The fourth-order valence-electron chi connectivity index (χ4n) is 2.90. The highest BCUT2D eigenvalue weighted by Crippen LogP contribution is 2.31. The van der Waals surface area contributed by atoms with E-state index < -0.39 is 0 Å². The predicted octanol–water partition coefficient (Wildman–Crippen LogP) is 4.67. The Kier molecular flexibility index (Phi) is 3.50. The van der Waals surface area contributed by atoms with Gasteiger partial charge in [-0.15, -0.1) is 0 Å². The number of hydrogen-bond acceptors (Lipinski definition) is 3. The van der Waals surface area contributed by atoms with E-state index >= 15 is 0 Å². The second-order valence-electron chi connectivity index (χ2n) is 5.85. The van der Waals surface area contributed by atoms with E-state index in [1.54, 1.807) is 0 Å². The Morgan fingerprint density at radius 3 is 2.62 bits per heavy atom. The van der Waals surface area contributed by atoms with Crippen molar-refractivity contribution in [3.63, 3.8) is 0 Å². The van der Waals surface area contributed by atoms with Gasteiger partial charge in [0.1, 0.15) is 0 Å². The number of fused-ring (bicyclic) bond motifs is 1. The molecule has 0 saturated heterocycles. The first kappa shape index (κ1) is 14.8. The maximum atomic E-state index is 5.27. The number of hydrogen-bond donors (Lipinski definition) is 1. The molecule has 2 heterocycles. The molecule has 0 saturated carbocycles. The molecule has 1 N–H and O–H groups in total. The lowest BCUT2D eigenvalue weighted by atomic mass is 10.0. The Morgan fingerprint density at radius 1 is 1.04 bits per heavy atom. The van der Waals surface area contributed by atoms with Crippen LogP contribution in [-0.2, 0) is 7.05 Å². The second kappa shape index (κ2) is 5.69. The van der Waals surface area contributed by atoms with E-state index in [0.29, 0.717) is 4.77 Å². The molecule has 0 aliphatic rings. The quantitative estimate of drug-likeness (QED) is 0.543. The number of H-pyrrole nitrogens is 1. The van der Waals surface area contributed by atoms with Gasteiger partial charge in [0, 0.05) is 23.6 Å². The standard InChI is InChI=1S/C19H16N4S/c1-12-6-5-7-13(10-12)17-11-15(18-21-22-19(24)23(18)2)14-8-3-4-9-16(14)20-17/h3-11H,1-2H3,(H,22,24). The van der Waals surface area contributed by atoms with Gasteiger partial charge in [0.15, 0.2) is 10.6 Å². The average molecular weight is 332 g/mol. The first-order chi connectivity index (χ1) is 11.6. The summed E-state index contributed by atoms with van der Waals surface area (Å²) in [6.07, 6.45) is 0. The summed E-state index contributed by atoms with van der Waals surface area (Å²) >= 11 is 5.27. The molecule has 0 atom stereocenters. The molecule has 2 aromatic heterocycles. The predicted molar refractivity (Wildman–Crippen MR) is 99.3 cm³/mol. The van der Waals surface area contributed by atoms with Gasteiger partial charge in [-0.2, -0.15) is 5.10 Å². The van der Waals surface area contributed by atoms with Crippen LogP contribution in [0, 0.1) is 11.7 Å². The van der Waals surface area contributed by atoms with E-state index in [1.807, 2.05) is 29.8 Å². The van der Waals surface area contributed by atoms with Crippen LogP contribution in [0.4, 0.5) is 0 Å². The second-order valence-corrected chi connectivity index (χ2v) is 6.24. The monoisotopic (exact) mass is 332 g/mol. The van der Waals surface area contributed by atoms with Crippen LogP contribution in [-0.4, -0.2) is 19.7 Å². The number of para-hydroxylation sites is 1. The molecule has 2 aromatic carbocycles. The number of aromatic nitrogens is 4. The highest BCUT2D eigenvalue weighted by Gasteiger charge is 2.13. The van der Waals surface area contributed by atoms with Crippen molar-refractivity contribution in [3.05, 3.63) is 64.9 Å². The minimum atomic E-state index is 0.600. The molecule has 4 aromatic rings. The van der Waals surface area contributed by atoms with Crippen LogP contribution >= 0.6 is 12.2 Å². The Hall–Kier alpha value is -2.79. The summed E-state index contributed by atoms with van der Waals surface area (Å²) in [7, 11) is 1.92. The van der Waals surface area contributed by atoms with Gasteiger partial charge in [0.2, 0.25) is 0 Å². The molecule has 4 nitrogen and oxygen atoms in total. The Morgan fingerprint density at radius 2 is 1.88 bits per heavy atom. The Bertz CT molecular complexity index is 1110. The summed E-state index contributed by atoms with van der Waals surface area (Å²) in [5.74, 6) is 0.813. The van der Waals surface area contributed by atoms with Crippen LogP contribution in [0.1, 0.15) is 5.56 Å². The minimum Gasteiger partial charge on any atom is -0.303 e. The van der Waals surface area contributed by atoms with Gasteiger partial charge < -0.3 is 4.57 Å². The lowest BCUT2D eigenvalue weighted by Crippen LogP contribution is -1.96. The number of nitrogens with zero attached hydrogens (tertiary/aromatic N) is 3. The summed E-state index contributed by atoms with van der Waals surface area (Å²) in [5.41, 5.74) is 5.20. The van der Waals surface area contributed by atoms with Crippen molar-refractivity contribution in [2.75, 3.05) is 0 Å². The van der Waals surface area contributed by atoms with Crippen molar-refractivity contribution >= 4 is 23.1 Å². The number of aryl methyl sites for hydroxylation is 1. The molecule has 0 amide bonds. The van der Waals surface area contributed by atoms with E-state index in [2.05, 4.69) is 53.5 Å². The average Bonchev–Trinajstić information content (AvgIpc) is 2.93. The Labute approximate surface area is 144 Å². The summed E-state index contributed by atoms with van der Waals surface area (Å²) < 4.78 is 2.49. The molecule has 24 heavy (non-hydrogen) atoms. The fourth-order valence-corrected chi connectivity index (χ4v) is 3.03. The summed E-state index contributed by atoms with van der Waals surface area (Å²) in [4.78, 5) is 4.84. The molecule has 0 aliphatic carbocycles. The fraction of sp³-hybridized carbons (Fsp3) is 0.105. The van der Waals surface area contributed by atoms with Crippen molar-refractivity contribution in [2.45, 2.75) is 6.92 Å². The molecule has 5 heteroatoms. The molecule has 4 rings (SSSR count). The first-order valence-corrected chi connectivity index (χ1v) is 8.13. The summed E-state index contributed by atoms with van der Waals surface area (Å²) in [6.45, 7) is 2.09. The zero-order valence-corrected chi connectivity index (χ0v) is 14.3. The molecular weight excluding hydrogens is 316 g/mol. The first-order valence-electron chi connectivity index (χ1n) is 7.72. The van der Waals surface area contributed by atoms with Gasteiger partial charge in [-0.25, -0.2) is 4.98 Å². The van der Waals surface area contributed by atoms with E-state index in [-0.39, 0.29) is 0 Å². The molecule has 0 fully saturated rings. The van der Waals surface area contributed by atoms with E-state index in [4.69, 9.17) is 17.2 Å². The van der Waals surface area contributed by atoms with Gasteiger partial charge in [-0.1, -0.05) is 42.0 Å². The minimum absolute atomic E-state index is 0.600. The van der Waals surface area contributed by atoms with Gasteiger partial charge in [0.25, 0.3) is 0 Å². The molecule has 0 aliphatic heterocycles. The zero-order valence-electron chi connectivity index (χ0n) is 13.4. The van der Waals surface area contributed by atoms with Gasteiger partial charge >= 0.3 is 0 Å². The van der Waals surface area contributed by atoms with Crippen LogP contribution < -0.4 is 0 Å². The number of benzene rings is 2. The van der Waals surface area contributed by atoms with Crippen LogP contribution in [0.5, 0.6) is 0 Å². The summed E-state index contributed by atoms with van der Waals surface area (Å²) in [6, 6.07) is 18.6. The van der Waals surface area contributed by atoms with Crippen LogP contribution in [0.3, 0.4) is 0 Å². The van der Waals surface area contributed by atoms with Crippen LogP contribution in [0.2, 0.25) is 0 Å². The molecule has 0 unspecified atom stereocenters. The largest absolute Gasteiger partial charge is 0.303 e. The smallest absolute Gasteiger partial charge is 0.195 e. The molecule has 0 radical (unpaired) electrons. The van der Waals surface area contributed by atoms with Crippen molar-refractivity contribution in [2.24, 2.45) is 7.05 Å². The maximum absolute atomic E-state index is 5.27. The molecule has 118 valence electrons. The third-order valence-corrected chi connectivity index (χ3v) is 4.52.